The molecule has 0 unspecified atom stereocenters. The Labute approximate surface area is 184 Å². The lowest BCUT2D eigenvalue weighted by Crippen LogP contribution is -2.54. The van der Waals surface area contributed by atoms with Crippen molar-refractivity contribution in [2.45, 2.75) is 13.0 Å². The number of aromatic nitrogens is 5. The molecule has 0 aromatic carbocycles. The van der Waals surface area contributed by atoms with Crippen LogP contribution in [0, 0.1) is 6.92 Å². The molecule has 9 nitrogen and oxygen atoms in total. The van der Waals surface area contributed by atoms with Gasteiger partial charge in [0.1, 0.15) is 11.7 Å². The number of aromatic amines is 1. The summed E-state index contributed by atoms with van der Waals surface area (Å²) in [7, 11) is 1.41. The topological polar surface area (TPSA) is 109 Å². The molecule has 162 valence electrons. The van der Waals surface area contributed by atoms with E-state index in [1.54, 1.807) is 0 Å². The first kappa shape index (κ1) is 20.1. The first-order chi connectivity index (χ1) is 15.6. The molecule has 1 atom stereocenters. The Morgan fingerprint density at radius 1 is 1.16 bits per heavy atom. The van der Waals surface area contributed by atoms with E-state index in [1.807, 2.05) is 55.7 Å². The van der Waals surface area contributed by atoms with Crippen molar-refractivity contribution in [2.75, 3.05) is 31.6 Å². The van der Waals surface area contributed by atoms with Crippen molar-refractivity contribution in [3.63, 3.8) is 0 Å². The van der Waals surface area contributed by atoms with Gasteiger partial charge >= 0.3 is 5.97 Å². The number of hydrogen-bond donors (Lipinski definition) is 2. The SMILES string of the molecule is COC(=O)[C@H]1CN(c2cnc3ccc(-c4c[nH]nc4-c4cccc(C)n4)nc3c2)CCN1. The number of ether oxygens (including phenoxy) is 1. The van der Waals surface area contributed by atoms with Crippen LogP contribution in [0.15, 0.2) is 48.8 Å². The number of fused-ring (bicyclic) bond motifs is 1. The van der Waals surface area contributed by atoms with Gasteiger partial charge in [-0.3, -0.25) is 19.9 Å². The normalized spacial score (nSPS) is 16.3. The predicted molar refractivity (Wildman–Crippen MR) is 121 cm³/mol. The minimum Gasteiger partial charge on any atom is -0.468 e. The molecule has 0 amide bonds. The Balaban J connectivity index is 1.49. The lowest BCUT2D eigenvalue weighted by Gasteiger charge is -2.33. The molecule has 0 spiro atoms. The third-order valence-electron chi connectivity index (χ3n) is 5.60. The van der Waals surface area contributed by atoms with E-state index in [4.69, 9.17) is 9.72 Å². The Kier molecular flexibility index (Phi) is 5.24. The van der Waals surface area contributed by atoms with E-state index >= 15 is 0 Å². The van der Waals surface area contributed by atoms with Crippen LogP contribution in [0.1, 0.15) is 5.69 Å². The summed E-state index contributed by atoms with van der Waals surface area (Å²) < 4.78 is 4.89. The van der Waals surface area contributed by atoms with Crippen molar-refractivity contribution in [2.24, 2.45) is 0 Å². The van der Waals surface area contributed by atoms with Crippen molar-refractivity contribution in [3.8, 4) is 22.6 Å². The number of anilines is 1. The van der Waals surface area contributed by atoms with Gasteiger partial charge in [0.15, 0.2) is 0 Å². The van der Waals surface area contributed by atoms with E-state index in [1.165, 1.54) is 7.11 Å². The van der Waals surface area contributed by atoms with Crippen LogP contribution in [0.2, 0.25) is 0 Å². The second-order valence-corrected chi connectivity index (χ2v) is 7.72. The summed E-state index contributed by atoms with van der Waals surface area (Å²) in [5, 5.41) is 10.5. The molecule has 5 heterocycles. The number of piperazine rings is 1. The quantitative estimate of drug-likeness (QED) is 0.476. The van der Waals surface area contributed by atoms with Gasteiger partial charge < -0.3 is 15.0 Å². The Hall–Kier alpha value is -3.85. The van der Waals surface area contributed by atoms with Crippen LogP contribution in [0.3, 0.4) is 0 Å². The van der Waals surface area contributed by atoms with Crippen LogP contribution in [0.4, 0.5) is 5.69 Å². The zero-order chi connectivity index (χ0) is 22.1. The molecule has 1 aliphatic heterocycles. The number of carbonyl (C=O) groups is 1. The van der Waals surface area contributed by atoms with Gasteiger partial charge in [0, 0.05) is 37.1 Å². The van der Waals surface area contributed by atoms with Crippen LogP contribution in [-0.2, 0) is 9.53 Å². The van der Waals surface area contributed by atoms with Gasteiger partial charge in [0.2, 0.25) is 0 Å². The maximum Gasteiger partial charge on any atom is 0.324 e. The second kappa shape index (κ2) is 8.35. The summed E-state index contributed by atoms with van der Waals surface area (Å²) >= 11 is 0. The highest BCUT2D eigenvalue weighted by Gasteiger charge is 2.26. The third kappa shape index (κ3) is 3.78. The van der Waals surface area contributed by atoms with Crippen LogP contribution < -0.4 is 10.2 Å². The molecular weight excluding hydrogens is 406 g/mol. The number of H-pyrrole nitrogens is 1. The van der Waals surface area contributed by atoms with E-state index in [0.29, 0.717) is 13.1 Å². The lowest BCUT2D eigenvalue weighted by molar-refractivity contribution is -0.143. The molecule has 1 fully saturated rings. The fourth-order valence-corrected chi connectivity index (χ4v) is 3.96. The highest BCUT2D eigenvalue weighted by atomic mass is 16.5. The summed E-state index contributed by atoms with van der Waals surface area (Å²) in [5.41, 5.74) is 6.65. The standard InChI is InChI=1S/C23H23N7O2/c1-14-4-3-5-19(27-14)22-16(12-26-29-22)17-6-7-18-20(28-17)10-15(11-25-18)30-9-8-24-21(13-30)23(31)32-2/h3-7,10-12,21,24H,8-9,13H2,1-2H3,(H,26,29)/t21-/m1/s1. The molecular formula is C23H23N7O2. The molecule has 32 heavy (non-hydrogen) atoms. The fraction of sp³-hybridized carbons (Fsp3) is 0.261. The van der Waals surface area contributed by atoms with E-state index in [0.717, 1.165) is 51.6 Å². The van der Waals surface area contributed by atoms with Crippen molar-refractivity contribution in [1.29, 1.82) is 0 Å². The number of pyridine rings is 3. The zero-order valence-electron chi connectivity index (χ0n) is 17.9. The lowest BCUT2D eigenvalue weighted by atomic mass is 10.1. The van der Waals surface area contributed by atoms with Gasteiger partial charge in [-0.25, -0.2) is 4.98 Å². The van der Waals surface area contributed by atoms with Gasteiger partial charge in [-0.1, -0.05) is 6.07 Å². The number of hydrogen-bond acceptors (Lipinski definition) is 8. The number of esters is 1. The molecule has 0 aliphatic carbocycles. The molecule has 0 bridgehead atoms. The molecule has 1 saturated heterocycles. The number of rotatable bonds is 4. The van der Waals surface area contributed by atoms with Crippen LogP contribution in [0.5, 0.6) is 0 Å². The maximum atomic E-state index is 11.9. The maximum absolute atomic E-state index is 11.9. The van der Waals surface area contributed by atoms with Gasteiger partial charge in [0.05, 0.1) is 41.4 Å². The molecule has 1 aliphatic rings. The summed E-state index contributed by atoms with van der Waals surface area (Å²) in [5.74, 6) is -0.263. The minimum absolute atomic E-state index is 0.263. The number of nitrogens with zero attached hydrogens (tertiary/aromatic N) is 5. The molecule has 0 saturated carbocycles. The van der Waals surface area contributed by atoms with E-state index in [9.17, 15) is 4.79 Å². The summed E-state index contributed by atoms with van der Waals surface area (Å²) in [6, 6.07) is 11.4. The number of aryl methyl sites for hydroxylation is 1. The van der Waals surface area contributed by atoms with Crippen molar-refractivity contribution in [3.05, 3.63) is 54.5 Å². The fourth-order valence-electron chi connectivity index (χ4n) is 3.96. The second-order valence-electron chi connectivity index (χ2n) is 7.72. The smallest absolute Gasteiger partial charge is 0.324 e. The van der Waals surface area contributed by atoms with Crippen LogP contribution in [0.25, 0.3) is 33.7 Å². The zero-order valence-corrected chi connectivity index (χ0v) is 17.9. The van der Waals surface area contributed by atoms with Gasteiger partial charge in [-0.2, -0.15) is 5.10 Å². The van der Waals surface area contributed by atoms with Gasteiger partial charge in [-0.15, -0.1) is 0 Å². The first-order valence-electron chi connectivity index (χ1n) is 10.4. The van der Waals surface area contributed by atoms with Crippen LogP contribution >= 0.6 is 0 Å². The van der Waals surface area contributed by atoms with E-state index in [2.05, 4.69) is 30.4 Å². The average molecular weight is 429 g/mol. The molecule has 5 rings (SSSR count). The van der Waals surface area contributed by atoms with Crippen molar-refractivity contribution in [1.82, 2.24) is 30.5 Å². The molecule has 4 aromatic rings. The molecule has 0 radical (unpaired) electrons. The Bertz CT molecular complexity index is 1290. The van der Waals surface area contributed by atoms with E-state index < -0.39 is 0 Å². The van der Waals surface area contributed by atoms with Crippen LogP contribution in [-0.4, -0.2) is 63.9 Å². The number of carbonyl (C=O) groups excluding carboxylic acids is 1. The molecule has 4 aromatic heterocycles. The average Bonchev–Trinajstić information content (AvgIpc) is 3.33. The first-order valence-corrected chi connectivity index (χ1v) is 10.4. The monoisotopic (exact) mass is 429 g/mol. The minimum atomic E-state index is -0.362. The highest BCUT2D eigenvalue weighted by Crippen LogP contribution is 2.29. The summed E-state index contributed by atoms with van der Waals surface area (Å²) in [6.07, 6.45) is 3.66. The summed E-state index contributed by atoms with van der Waals surface area (Å²) in [6.45, 7) is 3.93. The molecule has 2 N–H and O–H groups in total. The number of nitrogens with one attached hydrogen (secondary N) is 2. The van der Waals surface area contributed by atoms with E-state index in [-0.39, 0.29) is 12.0 Å². The third-order valence-corrected chi connectivity index (χ3v) is 5.60. The molecule has 9 heteroatoms. The Morgan fingerprint density at radius 3 is 2.91 bits per heavy atom. The number of methoxy groups -OCH3 is 1. The summed E-state index contributed by atoms with van der Waals surface area (Å²) in [4.78, 5) is 28.1. The highest BCUT2D eigenvalue weighted by molar-refractivity contribution is 5.84. The van der Waals surface area contributed by atoms with Crippen molar-refractivity contribution >= 4 is 22.7 Å². The van der Waals surface area contributed by atoms with Crippen molar-refractivity contribution < 1.29 is 9.53 Å². The van der Waals surface area contributed by atoms with Gasteiger partial charge in [0.25, 0.3) is 0 Å². The predicted octanol–water partition coefficient (Wildman–Crippen LogP) is 2.34. The Morgan fingerprint density at radius 2 is 2.06 bits per heavy atom. The largest absolute Gasteiger partial charge is 0.468 e. The van der Waals surface area contributed by atoms with Gasteiger partial charge in [-0.05, 0) is 37.3 Å².